The van der Waals surface area contributed by atoms with Gasteiger partial charge >= 0.3 is 0 Å². The molecule has 3 heterocycles. The van der Waals surface area contributed by atoms with Crippen LogP contribution in [0.15, 0.2) is 60.9 Å². The van der Waals surface area contributed by atoms with Crippen LogP contribution in [0, 0.1) is 0 Å². The topological polar surface area (TPSA) is 112 Å². The highest BCUT2D eigenvalue weighted by Crippen LogP contribution is 2.35. The van der Waals surface area contributed by atoms with E-state index in [9.17, 15) is 4.79 Å². The highest BCUT2D eigenvalue weighted by Gasteiger charge is 2.15. The van der Waals surface area contributed by atoms with E-state index in [0.29, 0.717) is 22.7 Å². The molecule has 0 radical (unpaired) electrons. The van der Waals surface area contributed by atoms with Crippen LogP contribution < -0.4 is 10.5 Å². The predicted octanol–water partition coefficient (Wildman–Crippen LogP) is 3.40. The van der Waals surface area contributed by atoms with Gasteiger partial charge in [-0.15, -0.1) is 0 Å². The summed E-state index contributed by atoms with van der Waals surface area (Å²) >= 11 is 0. The zero-order chi connectivity index (χ0) is 20.0. The zero-order valence-electron chi connectivity index (χ0n) is 15.5. The van der Waals surface area contributed by atoms with Gasteiger partial charge in [0.25, 0.3) is 0 Å². The summed E-state index contributed by atoms with van der Waals surface area (Å²) in [6.07, 6.45) is 3.50. The van der Waals surface area contributed by atoms with E-state index in [0.717, 1.165) is 27.5 Å². The van der Waals surface area contributed by atoms with Gasteiger partial charge in [-0.25, -0.2) is 4.98 Å². The second kappa shape index (κ2) is 6.45. The molecule has 0 fully saturated rings. The molecule has 0 saturated heterocycles. The van der Waals surface area contributed by atoms with Gasteiger partial charge in [0.05, 0.1) is 29.0 Å². The first-order chi connectivity index (χ1) is 14.1. The number of nitrogens with two attached hydrogens (primary N) is 1. The molecule has 0 aliphatic heterocycles. The normalized spacial score (nSPS) is 11.2. The molecule has 0 spiro atoms. The number of benzene rings is 2. The molecular weight excluding hydrogens is 368 g/mol. The lowest BCUT2D eigenvalue weighted by Gasteiger charge is -2.10. The van der Waals surface area contributed by atoms with E-state index in [1.807, 2.05) is 31.3 Å². The van der Waals surface area contributed by atoms with Gasteiger partial charge in [-0.3, -0.25) is 14.6 Å². The molecule has 0 unspecified atom stereocenters. The van der Waals surface area contributed by atoms with E-state index in [-0.39, 0.29) is 0 Å². The largest absolute Gasteiger partial charge is 0.456 e. The standard InChI is InChI=1S/C21H16N6O2/c1-27-21-16(11-24-27)19(29-13-7-5-12(6-8-13)20(22)28)9-18(25-21)14-3-2-4-17-15(14)10-23-26-17/h2-11H,1H3,(H2,22,28)(H,23,26). The van der Waals surface area contributed by atoms with Crippen LogP contribution in [0.25, 0.3) is 33.2 Å². The van der Waals surface area contributed by atoms with Gasteiger partial charge in [-0.1, -0.05) is 12.1 Å². The van der Waals surface area contributed by atoms with Crippen LogP contribution in [0.5, 0.6) is 11.5 Å². The van der Waals surface area contributed by atoms with Crippen molar-refractivity contribution in [3.05, 3.63) is 66.5 Å². The number of nitrogens with zero attached hydrogens (tertiary/aromatic N) is 4. The number of carbonyl (C=O) groups excluding carboxylic acids is 1. The van der Waals surface area contributed by atoms with Crippen LogP contribution in [0.3, 0.4) is 0 Å². The molecule has 8 nitrogen and oxygen atoms in total. The number of rotatable bonds is 4. The summed E-state index contributed by atoms with van der Waals surface area (Å²) in [6.45, 7) is 0. The zero-order valence-corrected chi connectivity index (χ0v) is 15.5. The molecule has 5 aromatic rings. The molecule has 0 bridgehead atoms. The molecule has 0 aliphatic carbocycles. The Morgan fingerprint density at radius 2 is 1.93 bits per heavy atom. The second-order valence-electron chi connectivity index (χ2n) is 6.64. The highest BCUT2D eigenvalue weighted by molar-refractivity contribution is 5.96. The first-order valence-corrected chi connectivity index (χ1v) is 8.93. The third kappa shape index (κ3) is 2.87. The molecule has 3 N–H and O–H groups in total. The van der Waals surface area contributed by atoms with Gasteiger partial charge in [-0.2, -0.15) is 10.2 Å². The summed E-state index contributed by atoms with van der Waals surface area (Å²) in [5.41, 5.74) is 9.05. The number of nitrogens with one attached hydrogen (secondary N) is 1. The lowest BCUT2D eigenvalue weighted by Crippen LogP contribution is -2.10. The average Bonchev–Trinajstić information content (AvgIpc) is 3.35. The predicted molar refractivity (Wildman–Crippen MR) is 109 cm³/mol. The number of H-pyrrole nitrogens is 1. The molecule has 2 aromatic carbocycles. The minimum atomic E-state index is -0.481. The van der Waals surface area contributed by atoms with Crippen molar-refractivity contribution in [1.82, 2.24) is 25.0 Å². The van der Waals surface area contributed by atoms with Crippen LogP contribution in [0.2, 0.25) is 0 Å². The third-order valence-electron chi connectivity index (χ3n) is 4.79. The lowest BCUT2D eigenvalue weighted by molar-refractivity contribution is 0.100. The monoisotopic (exact) mass is 384 g/mol. The van der Waals surface area contributed by atoms with Crippen LogP contribution in [-0.2, 0) is 7.05 Å². The van der Waals surface area contributed by atoms with Gasteiger partial charge in [0.1, 0.15) is 11.5 Å². The quantitative estimate of drug-likeness (QED) is 0.493. The Hall–Kier alpha value is -4.20. The average molecular weight is 384 g/mol. The molecule has 0 aliphatic rings. The summed E-state index contributed by atoms with van der Waals surface area (Å²) in [6, 6.07) is 14.5. The minimum absolute atomic E-state index is 0.422. The fourth-order valence-electron chi connectivity index (χ4n) is 3.31. The molecule has 1 amide bonds. The molecule has 5 rings (SSSR count). The number of carbonyl (C=O) groups is 1. The van der Waals surface area contributed by atoms with Crippen molar-refractivity contribution in [2.45, 2.75) is 0 Å². The number of hydrogen-bond donors (Lipinski definition) is 2. The van der Waals surface area contributed by atoms with E-state index in [2.05, 4.69) is 15.3 Å². The van der Waals surface area contributed by atoms with Gasteiger partial charge in [0.15, 0.2) is 5.65 Å². The van der Waals surface area contributed by atoms with E-state index in [1.54, 1.807) is 41.3 Å². The van der Waals surface area contributed by atoms with Crippen molar-refractivity contribution in [2.75, 3.05) is 0 Å². The SMILES string of the molecule is Cn1ncc2c(Oc3ccc(C(N)=O)cc3)cc(-c3cccc4[nH]ncc34)nc21. The molecule has 29 heavy (non-hydrogen) atoms. The first-order valence-electron chi connectivity index (χ1n) is 8.93. The van der Waals surface area contributed by atoms with Crippen LogP contribution in [-0.4, -0.2) is 30.9 Å². The van der Waals surface area contributed by atoms with E-state index >= 15 is 0 Å². The van der Waals surface area contributed by atoms with Gasteiger partial charge < -0.3 is 10.5 Å². The van der Waals surface area contributed by atoms with Crippen molar-refractivity contribution in [3.63, 3.8) is 0 Å². The Morgan fingerprint density at radius 1 is 1.10 bits per heavy atom. The number of aryl methyl sites for hydroxylation is 1. The van der Waals surface area contributed by atoms with E-state index in [4.69, 9.17) is 15.5 Å². The third-order valence-corrected chi connectivity index (χ3v) is 4.79. The number of primary amides is 1. The molecule has 0 atom stereocenters. The maximum absolute atomic E-state index is 11.3. The summed E-state index contributed by atoms with van der Waals surface area (Å²) in [5.74, 6) is 0.717. The Morgan fingerprint density at radius 3 is 2.72 bits per heavy atom. The van der Waals surface area contributed by atoms with Crippen LogP contribution in [0.4, 0.5) is 0 Å². The van der Waals surface area contributed by atoms with E-state index < -0.39 is 5.91 Å². The fourth-order valence-corrected chi connectivity index (χ4v) is 3.31. The Balaban J connectivity index is 1.65. The number of ether oxygens (including phenoxy) is 1. The van der Waals surface area contributed by atoms with Crippen LogP contribution >= 0.6 is 0 Å². The lowest BCUT2D eigenvalue weighted by atomic mass is 10.1. The number of aromatic nitrogens is 5. The Kier molecular flexibility index (Phi) is 3.77. The van der Waals surface area contributed by atoms with Crippen LogP contribution in [0.1, 0.15) is 10.4 Å². The van der Waals surface area contributed by atoms with E-state index in [1.165, 1.54) is 0 Å². The smallest absolute Gasteiger partial charge is 0.248 e. The Labute approximate surface area is 164 Å². The highest BCUT2D eigenvalue weighted by atomic mass is 16.5. The van der Waals surface area contributed by atoms with Crippen molar-refractivity contribution in [3.8, 4) is 22.8 Å². The maximum Gasteiger partial charge on any atom is 0.248 e. The van der Waals surface area contributed by atoms with Crippen molar-refractivity contribution < 1.29 is 9.53 Å². The molecule has 0 saturated carbocycles. The Bertz CT molecular complexity index is 1370. The number of aromatic amines is 1. The minimum Gasteiger partial charge on any atom is -0.456 e. The van der Waals surface area contributed by atoms with Gasteiger partial charge in [-0.05, 0) is 30.3 Å². The van der Waals surface area contributed by atoms with Gasteiger partial charge in [0.2, 0.25) is 5.91 Å². The molecule has 142 valence electrons. The van der Waals surface area contributed by atoms with Crippen molar-refractivity contribution in [1.29, 1.82) is 0 Å². The molecule has 3 aromatic heterocycles. The fraction of sp³-hybridized carbons (Fsp3) is 0.0476. The second-order valence-corrected chi connectivity index (χ2v) is 6.64. The van der Waals surface area contributed by atoms with Crippen molar-refractivity contribution >= 4 is 27.8 Å². The molecule has 8 heteroatoms. The number of hydrogen-bond acceptors (Lipinski definition) is 5. The molecular formula is C21H16N6O2. The van der Waals surface area contributed by atoms with Crippen molar-refractivity contribution in [2.24, 2.45) is 12.8 Å². The summed E-state index contributed by atoms with van der Waals surface area (Å²) in [7, 11) is 1.84. The number of fused-ring (bicyclic) bond motifs is 2. The first kappa shape index (κ1) is 16.9. The maximum atomic E-state index is 11.3. The summed E-state index contributed by atoms with van der Waals surface area (Å²) in [4.78, 5) is 16.1. The summed E-state index contributed by atoms with van der Waals surface area (Å²) < 4.78 is 7.83. The van der Waals surface area contributed by atoms with Gasteiger partial charge in [0, 0.05) is 29.6 Å². The summed E-state index contributed by atoms with van der Waals surface area (Å²) in [5, 5.41) is 13.2. The number of amides is 1. The number of pyridine rings is 1.